The van der Waals surface area contributed by atoms with Crippen molar-refractivity contribution in [1.29, 1.82) is 0 Å². The first kappa shape index (κ1) is 19.9. The fraction of sp³-hybridized carbons (Fsp3) is 0.476. The molecule has 1 aromatic rings. The molecule has 1 aromatic heterocycles. The van der Waals surface area contributed by atoms with Gasteiger partial charge in [-0.05, 0) is 45.2 Å². The molecule has 2 heterocycles. The molecule has 0 aromatic carbocycles. The maximum Gasteiger partial charge on any atom is 0.336 e. The standard InChI is InChI=1S/C21H25NO6/c1-6-27-21(25)16-12(4)22-13-9-10(2)15(20(24)26-5)19(23)17(13)18(16)14-8-7-11(3)28-14/h7-8,10,15,18,22H,6,9H2,1-5H3/t10-,15+,18+/m1/s1. The Kier molecular flexibility index (Phi) is 5.45. The van der Waals surface area contributed by atoms with E-state index in [0.29, 0.717) is 40.5 Å². The molecule has 0 radical (unpaired) electrons. The molecule has 150 valence electrons. The minimum atomic E-state index is -0.911. The van der Waals surface area contributed by atoms with Crippen molar-refractivity contribution in [3.8, 4) is 0 Å². The van der Waals surface area contributed by atoms with Gasteiger partial charge in [0, 0.05) is 17.0 Å². The van der Waals surface area contributed by atoms with Crippen LogP contribution in [0.4, 0.5) is 0 Å². The van der Waals surface area contributed by atoms with E-state index in [1.807, 2.05) is 6.92 Å². The third-order valence-corrected chi connectivity index (χ3v) is 5.28. The van der Waals surface area contributed by atoms with Crippen molar-refractivity contribution in [2.75, 3.05) is 13.7 Å². The predicted octanol–water partition coefficient (Wildman–Crippen LogP) is 2.76. The molecule has 1 aliphatic carbocycles. The Morgan fingerprint density at radius 2 is 2.00 bits per heavy atom. The minimum Gasteiger partial charge on any atom is -0.468 e. The maximum atomic E-state index is 13.4. The highest BCUT2D eigenvalue weighted by atomic mass is 16.5. The normalized spacial score (nSPS) is 24.6. The lowest BCUT2D eigenvalue weighted by molar-refractivity contribution is -0.151. The number of carbonyl (C=O) groups is 3. The molecule has 0 fully saturated rings. The topological polar surface area (TPSA) is 94.8 Å². The highest BCUT2D eigenvalue weighted by Gasteiger charge is 2.48. The first-order valence-electron chi connectivity index (χ1n) is 9.36. The second kappa shape index (κ2) is 7.66. The Morgan fingerprint density at radius 1 is 1.29 bits per heavy atom. The van der Waals surface area contributed by atoms with Gasteiger partial charge in [0.2, 0.25) is 0 Å². The molecule has 3 atom stereocenters. The summed E-state index contributed by atoms with van der Waals surface area (Å²) >= 11 is 0. The number of furan rings is 1. The van der Waals surface area contributed by atoms with Gasteiger partial charge in [-0.15, -0.1) is 0 Å². The number of esters is 2. The fourth-order valence-electron chi connectivity index (χ4n) is 4.05. The summed E-state index contributed by atoms with van der Waals surface area (Å²) in [6.45, 7) is 7.35. The second-order valence-corrected chi connectivity index (χ2v) is 7.20. The van der Waals surface area contributed by atoms with Gasteiger partial charge < -0.3 is 19.2 Å². The Labute approximate surface area is 163 Å². The predicted molar refractivity (Wildman–Crippen MR) is 100.0 cm³/mol. The summed E-state index contributed by atoms with van der Waals surface area (Å²) in [5.41, 5.74) is 2.02. The number of aryl methyl sites for hydroxylation is 1. The summed E-state index contributed by atoms with van der Waals surface area (Å²) in [5.74, 6) is -2.15. The Bertz CT molecular complexity index is 890. The van der Waals surface area contributed by atoms with Crippen molar-refractivity contribution in [3.63, 3.8) is 0 Å². The molecule has 0 unspecified atom stereocenters. The van der Waals surface area contributed by atoms with Crippen LogP contribution >= 0.6 is 0 Å². The summed E-state index contributed by atoms with van der Waals surface area (Å²) in [4.78, 5) is 38.4. The number of nitrogens with one attached hydrogen (secondary N) is 1. The second-order valence-electron chi connectivity index (χ2n) is 7.20. The zero-order valence-electron chi connectivity index (χ0n) is 16.8. The average molecular weight is 387 g/mol. The highest BCUT2D eigenvalue weighted by Crippen LogP contribution is 2.45. The van der Waals surface area contributed by atoms with Crippen molar-refractivity contribution in [2.24, 2.45) is 11.8 Å². The van der Waals surface area contributed by atoms with E-state index >= 15 is 0 Å². The van der Waals surface area contributed by atoms with E-state index in [1.165, 1.54) is 7.11 Å². The molecule has 1 N–H and O–H groups in total. The van der Waals surface area contributed by atoms with Gasteiger partial charge >= 0.3 is 11.9 Å². The van der Waals surface area contributed by atoms with Crippen LogP contribution in [-0.2, 0) is 23.9 Å². The number of ether oxygens (including phenoxy) is 2. The number of rotatable bonds is 4. The summed E-state index contributed by atoms with van der Waals surface area (Å²) in [6.07, 6.45) is 0.491. The fourth-order valence-corrected chi connectivity index (χ4v) is 4.05. The molecule has 0 saturated carbocycles. The van der Waals surface area contributed by atoms with E-state index in [2.05, 4.69) is 5.32 Å². The van der Waals surface area contributed by atoms with Crippen molar-refractivity contribution in [1.82, 2.24) is 5.32 Å². The van der Waals surface area contributed by atoms with Crippen LogP contribution in [0.2, 0.25) is 0 Å². The third-order valence-electron chi connectivity index (χ3n) is 5.28. The molecule has 3 rings (SSSR count). The van der Waals surface area contributed by atoms with Gasteiger partial charge in [-0.1, -0.05) is 6.92 Å². The van der Waals surface area contributed by atoms with Gasteiger partial charge in [-0.2, -0.15) is 0 Å². The van der Waals surface area contributed by atoms with Crippen LogP contribution in [0.5, 0.6) is 0 Å². The lowest BCUT2D eigenvalue weighted by Crippen LogP contribution is -2.43. The summed E-state index contributed by atoms with van der Waals surface area (Å²) < 4.78 is 15.9. The van der Waals surface area contributed by atoms with E-state index in [4.69, 9.17) is 13.9 Å². The molecule has 2 aliphatic rings. The van der Waals surface area contributed by atoms with Crippen LogP contribution < -0.4 is 5.32 Å². The van der Waals surface area contributed by atoms with Gasteiger partial charge in [-0.25, -0.2) is 4.79 Å². The van der Waals surface area contributed by atoms with Gasteiger partial charge in [0.1, 0.15) is 17.4 Å². The van der Waals surface area contributed by atoms with Crippen LogP contribution in [0.25, 0.3) is 0 Å². The van der Waals surface area contributed by atoms with Crippen LogP contribution in [-0.4, -0.2) is 31.4 Å². The number of hydrogen-bond donors (Lipinski definition) is 1. The third kappa shape index (κ3) is 3.25. The van der Waals surface area contributed by atoms with E-state index in [0.717, 1.165) is 0 Å². The minimum absolute atomic E-state index is 0.210. The van der Waals surface area contributed by atoms with E-state index in [1.54, 1.807) is 32.9 Å². The zero-order chi connectivity index (χ0) is 20.6. The number of methoxy groups -OCH3 is 1. The number of Topliss-reactive ketones (excluding diaryl/α,β-unsaturated/α-hetero) is 1. The molecule has 0 saturated heterocycles. The summed E-state index contributed by atoms with van der Waals surface area (Å²) in [6, 6.07) is 3.53. The molecule has 0 amide bonds. The zero-order valence-corrected chi connectivity index (χ0v) is 16.8. The first-order valence-corrected chi connectivity index (χ1v) is 9.36. The lowest BCUT2D eigenvalue weighted by Gasteiger charge is -2.37. The van der Waals surface area contributed by atoms with Crippen molar-refractivity contribution < 1.29 is 28.3 Å². The van der Waals surface area contributed by atoms with Crippen molar-refractivity contribution in [2.45, 2.75) is 40.0 Å². The quantitative estimate of drug-likeness (QED) is 0.627. The molecular formula is C21H25NO6. The van der Waals surface area contributed by atoms with Crippen LogP contribution in [0.1, 0.15) is 44.6 Å². The van der Waals surface area contributed by atoms with Crippen molar-refractivity contribution in [3.05, 3.63) is 46.2 Å². The highest BCUT2D eigenvalue weighted by molar-refractivity contribution is 6.12. The number of hydrogen-bond acceptors (Lipinski definition) is 7. The molecule has 1 aliphatic heterocycles. The van der Waals surface area contributed by atoms with Gasteiger partial charge in [-0.3, -0.25) is 9.59 Å². The first-order chi connectivity index (χ1) is 13.3. The van der Waals surface area contributed by atoms with Gasteiger partial charge in [0.05, 0.1) is 25.2 Å². The monoisotopic (exact) mass is 387 g/mol. The summed E-state index contributed by atoms with van der Waals surface area (Å²) in [7, 11) is 1.27. The Balaban J connectivity index is 2.16. The summed E-state index contributed by atoms with van der Waals surface area (Å²) in [5, 5.41) is 3.20. The number of carbonyl (C=O) groups excluding carboxylic acids is 3. The van der Waals surface area contributed by atoms with Crippen LogP contribution in [0.3, 0.4) is 0 Å². The molecule has 0 bridgehead atoms. The molecule has 7 heteroatoms. The maximum absolute atomic E-state index is 13.4. The van der Waals surface area contributed by atoms with Gasteiger partial charge in [0.15, 0.2) is 5.78 Å². The van der Waals surface area contributed by atoms with E-state index in [-0.39, 0.29) is 18.3 Å². The molecule has 0 spiro atoms. The van der Waals surface area contributed by atoms with Crippen LogP contribution in [0, 0.1) is 18.8 Å². The molecule has 28 heavy (non-hydrogen) atoms. The van der Waals surface area contributed by atoms with Gasteiger partial charge in [0.25, 0.3) is 0 Å². The average Bonchev–Trinajstić information content (AvgIpc) is 3.06. The lowest BCUT2D eigenvalue weighted by atomic mass is 9.70. The number of allylic oxidation sites excluding steroid dienone is 3. The van der Waals surface area contributed by atoms with E-state index in [9.17, 15) is 14.4 Å². The Hall–Kier alpha value is -2.83. The van der Waals surface area contributed by atoms with Crippen LogP contribution in [0.15, 0.2) is 39.1 Å². The smallest absolute Gasteiger partial charge is 0.336 e. The SMILES string of the molecule is CCOC(=O)C1=C(C)NC2=C(C(=O)[C@@H](C(=O)OC)[C@H](C)C2)[C@H]1c1ccc(C)o1. The van der Waals surface area contributed by atoms with E-state index < -0.39 is 23.8 Å². The number of dihydropyridines is 1. The Morgan fingerprint density at radius 3 is 2.57 bits per heavy atom. The van der Waals surface area contributed by atoms with Crippen molar-refractivity contribution >= 4 is 17.7 Å². The molecular weight excluding hydrogens is 362 g/mol. The molecule has 7 nitrogen and oxygen atoms in total. The largest absolute Gasteiger partial charge is 0.468 e. The number of ketones is 1.